The summed E-state index contributed by atoms with van der Waals surface area (Å²) in [4.78, 5) is 2.48. The van der Waals surface area contributed by atoms with Gasteiger partial charge in [-0.2, -0.15) is 0 Å². The zero-order valence-corrected chi connectivity index (χ0v) is 11.8. The van der Waals surface area contributed by atoms with Crippen LogP contribution >= 0.6 is 0 Å². The van der Waals surface area contributed by atoms with Gasteiger partial charge in [0.15, 0.2) is 5.76 Å². The van der Waals surface area contributed by atoms with Crippen LogP contribution in [0.5, 0.6) is 0 Å². The number of nitrogens with zero attached hydrogens (tertiary/aromatic N) is 2. The number of hydrogen-bond donors (Lipinski definition) is 1. The molecule has 18 heavy (non-hydrogen) atoms. The lowest BCUT2D eigenvalue weighted by molar-refractivity contribution is 0.181. The molecule has 4 heteroatoms. The third-order valence-corrected chi connectivity index (χ3v) is 3.44. The smallest absolute Gasteiger partial charge is 0.151 e. The van der Waals surface area contributed by atoms with Crippen molar-refractivity contribution in [1.29, 1.82) is 0 Å². The molecule has 0 aromatic carbocycles. The predicted octanol–water partition coefficient (Wildman–Crippen LogP) is 2.40. The average molecular weight is 251 g/mol. The SMILES string of the molecule is CCNCc1cc(CN(CC2CC2)C(C)C)on1. The van der Waals surface area contributed by atoms with Gasteiger partial charge < -0.3 is 9.84 Å². The van der Waals surface area contributed by atoms with Crippen LogP contribution in [0.2, 0.25) is 0 Å². The van der Waals surface area contributed by atoms with E-state index in [2.05, 4.69) is 42.2 Å². The van der Waals surface area contributed by atoms with Crippen molar-refractivity contribution in [3.8, 4) is 0 Å². The first-order valence-corrected chi connectivity index (χ1v) is 7.08. The van der Waals surface area contributed by atoms with E-state index < -0.39 is 0 Å². The Labute approximate surface area is 110 Å². The largest absolute Gasteiger partial charge is 0.360 e. The molecule has 1 aliphatic carbocycles. The van der Waals surface area contributed by atoms with Gasteiger partial charge in [-0.1, -0.05) is 12.1 Å². The molecule has 1 aliphatic rings. The molecule has 0 radical (unpaired) electrons. The van der Waals surface area contributed by atoms with Crippen molar-refractivity contribution >= 4 is 0 Å². The summed E-state index contributed by atoms with van der Waals surface area (Å²) < 4.78 is 5.41. The summed E-state index contributed by atoms with van der Waals surface area (Å²) in [6.45, 7) is 10.4. The maximum Gasteiger partial charge on any atom is 0.151 e. The van der Waals surface area contributed by atoms with E-state index in [1.54, 1.807) is 0 Å². The van der Waals surface area contributed by atoms with Crippen molar-refractivity contribution < 1.29 is 4.52 Å². The predicted molar refractivity (Wildman–Crippen MR) is 72.2 cm³/mol. The summed E-state index contributed by atoms with van der Waals surface area (Å²) in [5.41, 5.74) is 1.00. The lowest BCUT2D eigenvalue weighted by Gasteiger charge is -2.24. The highest BCUT2D eigenvalue weighted by atomic mass is 16.5. The van der Waals surface area contributed by atoms with Gasteiger partial charge >= 0.3 is 0 Å². The third kappa shape index (κ3) is 4.10. The molecule has 1 saturated carbocycles. The Bertz CT molecular complexity index is 358. The highest BCUT2D eigenvalue weighted by Gasteiger charge is 2.26. The van der Waals surface area contributed by atoms with Crippen LogP contribution < -0.4 is 5.32 Å². The summed E-state index contributed by atoms with van der Waals surface area (Å²) >= 11 is 0. The molecule has 1 fully saturated rings. The lowest BCUT2D eigenvalue weighted by Crippen LogP contribution is -2.32. The van der Waals surface area contributed by atoms with Crippen LogP contribution in [0.25, 0.3) is 0 Å². The van der Waals surface area contributed by atoms with Crippen molar-refractivity contribution in [3.63, 3.8) is 0 Å². The summed E-state index contributed by atoms with van der Waals surface area (Å²) in [6.07, 6.45) is 2.79. The maximum atomic E-state index is 5.41. The Kier molecular flexibility index (Phi) is 4.78. The van der Waals surface area contributed by atoms with Gasteiger partial charge in [-0.05, 0) is 39.2 Å². The lowest BCUT2D eigenvalue weighted by atomic mass is 10.2. The number of nitrogens with one attached hydrogen (secondary N) is 1. The van der Waals surface area contributed by atoms with E-state index in [9.17, 15) is 0 Å². The second kappa shape index (κ2) is 6.34. The van der Waals surface area contributed by atoms with E-state index in [4.69, 9.17) is 4.52 Å². The average Bonchev–Trinajstić information content (AvgIpc) is 3.04. The number of hydrogen-bond acceptors (Lipinski definition) is 4. The first-order chi connectivity index (χ1) is 8.69. The van der Waals surface area contributed by atoms with E-state index >= 15 is 0 Å². The van der Waals surface area contributed by atoms with Gasteiger partial charge in [0.2, 0.25) is 0 Å². The van der Waals surface area contributed by atoms with Crippen LogP contribution in [0.4, 0.5) is 0 Å². The number of aromatic nitrogens is 1. The molecule has 0 unspecified atom stereocenters. The Hall–Kier alpha value is -0.870. The zero-order chi connectivity index (χ0) is 13.0. The highest BCUT2D eigenvalue weighted by molar-refractivity contribution is 5.05. The summed E-state index contributed by atoms with van der Waals surface area (Å²) in [5.74, 6) is 1.90. The van der Waals surface area contributed by atoms with Crippen LogP contribution in [0.1, 0.15) is 45.1 Å². The third-order valence-electron chi connectivity index (χ3n) is 3.44. The molecule has 1 heterocycles. The Balaban J connectivity index is 1.86. The fourth-order valence-corrected chi connectivity index (χ4v) is 2.06. The standard InChI is InChI=1S/C14H25N3O/c1-4-15-8-13-7-14(18-16-13)10-17(11(2)3)9-12-5-6-12/h7,11-12,15H,4-6,8-10H2,1-3H3. The molecule has 0 saturated heterocycles. The van der Waals surface area contributed by atoms with Crippen LogP contribution in [-0.4, -0.2) is 29.2 Å². The maximum absolute atomic E-state index is 5.41. The van der Waals surface area contributed by atoms with Crippen molar-refractivity contribution in [2.24, 2.45) is 5.92 Å². The molecule has 1 N–H and O–H groups in total. The van der Waals surface area contributed by atoms with Gasteiger partial charge in [-0.25, -0.2) is 0 Å². The van der Waals surface area contributed by atoms with Gasteiger partial charge in [0.25, 0.3) is 0 Å². The van der Waals surface area contributed by atoms with Crippen molar-refractivity contribution in [1.82, 2.24) is 15.4 Å². The second-order valence-electron chi connectivity index (χ2n) is 5.53. The summed E-state index contributed by atoms with van der Waals surface area (Å²) in [5, 5.41) is 7.36. The minimum atomic E-state index is 0.563. The Morgan fingerprint density at radius 3 is 2.89 bits per heavy atom. The van der Waals surface area contributed by atoms with Crippen molar-refractivity contribution in [2.75, 3.05) is 13.1 Å². The molecule has 0 bridgehead atoms. The monoisotopic (exact) mass is 251 g/mol. The van der Waals surface area contributed by atoms with Crippen LogP contribution in [0.15, 0.2) is 10.6 Å². The van der Waals surface area contributed by atoms with Crippen molar-refractivity contribution in [3.05, 3.63) is 17.5 Å². The molecule has 0 atom stereocenters. The molecular weight excluding hydrogens is 226 g/mol. The minimum Gasteiger partial charge on any atom is -0.360 e. The quantitative estimate of drug-likeness (QED) is 0.770. The molecule has 0 spiro atoms. The second-order valence-corrected chi connectivity index (χ2v) is 5.53. The van der Waals surface area contributed by atoms with E-state index in [-0.39, 0.29) is 0 Å². The zero-order valence-electron chi connectivity index (χ0n) is 11.8. The van der Waals surface area contributed by atoms with E-state index in [1.165, 1.54) is 19.4 Å². The normalized spacial score (nSPS) is 15.8. The molecule has 0 amide bonds. The molecule has 102 valence electrons. The number of rotatable bonds is 8. The first-order valence-electron chi connectivity index (χ1n) is 7.08. The highest BCUT2D eigenvalue weighted by Crippen LogP contribution is 2.30. The topological polar surface area (TPSA) is 41.3 Å². The molecule has 0 aliphatic heterocycles. The summed E-state index contributed by atoms with van der Waals surface area (Å²) in [6, 6.07) is 2.64. The van der Waals surface area contributed by atoms with Crippen molar-refractivity contribution in [2.45, 2.75) is 52.7 Å². The van der Waals surface area contributed by atoms with Crippen LogP contribution in [0.3, 0.4) is 0 Å². The van der Waals surface area contributed by atoms with Crippen LogP contribution in [0, 0.1) is 5.92 Å². The molecule has 2 rings (SSSR count). The molecule has 1 aromatic rings. The Morgan fingerprint density at radius 1 is 1.50 bits per heavy atom. The molecule has 1 aromatic heterocycles. The molecule has 4 nitrogen and oxygen atoms in total. The Morgan fingerprint density at radius 2 is 2.28 bits per heavy atom. The van der Waals surface area contributed by atoms with E-state index in [0.717, 1.165) is 37.0 Å². The minimum absolute atomic E-state index is 0.563. The van der Waals surface area contributed by atoms with Crippen LogP contribution in [-0.2, 0) is 13.1 Å². The van der Waals surface area contributed by atoms with Gasteiger partial charge in [0.1, 0.15) is 0 Å². The van der Waals surface area contributed by atoms with Gasteiger partial charge in [0, 0.05) is 25.2 Å². The molecular formula is C14H25N3O. The van der Waals surface area contributed by atoms with Gasteiger partial charge in [-0.15, -0.1) is 0 Å². The van der Waals surface area contributed by atoms with E-state index in [0.29, 0.717) is 6.04 Å². The van der Waals surface area contributed by atoms with Gasteiger partial charge in [0.05, 0.1) is 12.2 Å². The summed E-state index contributed by atoms with van der Waals surface area (Å²) in [7, 11) is 0. The van der Waals surface area contributed by atoms with Gasteiger partial charge in [-0.3, -0.25) is 4.90 Å². The first kappa shape index (κ1) is 13.6. The fourth-order valence-electron chi connectivity index (χ4n) is 2.06. The fraction of sp³-hybridized carbons (Fsp3) is 0.786. The van der Waals surface area contributed by atoms with E-state index in [1.807, 2.05) is 0 Å².